The van der Waals surface area contributed by atoms with Gasteiger partial charge in [0.2, 0.25) is 0 Å². The second kappa shape index (κ2) is 5.41. The number of methoxy groups -OCH3 is 1. The predicted molar refractivity (Wildman–Crippen MR) is 68.9 cm³/mol. The zero-order valence-corrected chi connectivity index (χ0v) is 10.6. The van der Waals surface area contributed by atoms with E-state index >= 15 is 0 Å². The van der Waals surface area contributed by atoms with E-state index in [-0.39, 0.29) is 0 Å². The van der Waals surface area contributed by atoms with Crippen LogP contribution in [-0.2, 0) is 6.42 Å². The molecular formula is C14H21NO2. The van der Waals surface area contributed by atoms with E-state index in [1.54, 1.807) is 7.11 Å². The lowest BCUT2D eigenvalue weighted by Crippen LogP contribution is -2.27. The number of ether oxygens (including phenoxy) is 1. The number of aromatic hydroxyl groups is 1. The van der Waals surface area contributed by atoms with Crippen molar-refractivity contribution in [1.82, 2.24) is 5.32 Å². The van der Waals surface area contributed by atoms with Crippen molar-refractivity contribution < 1.29 is 9.84 Å². The number of phenols is 1. The number of piperidine rings is 1. The van der Waals surface area contributed by atoms with E-state index in [1.807, 2.05) is 6.07 Å². The van der Waals surface area contributed by atoms with E-state index in [4.69, 9.17) is 4.74 Å². The maximum absolute atomic E-state index is 10.3. The minimum absolute atomic E-state index is 0.346. The van der Waals surface area contributed by atoms with E-state index in [0.717, 1.165) is 37.9 Å². The van der Waals surface area contributed by atoms with Gasteiger partial charge in [0.15, 0.2) is 11.5 Å². The molecule has 1 fully saturated rings. The maximum atomic E-state index is 10.3. The van der Waals surface area contributed by atoms with Gasteiger partial charge in [-0.15, -0.1) is 0 Å². The third kappa shape index (κ3) is 2.39. The summed E-state index contributed by atoms with van der Waals surface area (Å²) in [6, 6.07) is 3.94. The van der Waals surface area contributed by atoms with Crippen molar-refractivity contribution in [2.24, 2.45) is 0 Å². The van der Waals surface area contributed by atoms with Gasteiger partial charge in [-0.2, -0.15) is 0 Å². The number of rotatable bonds is 3. The van der Waals surface area contributed by atoms with Crippen LogP contribution in [-0.4, -0.2) is 25.3 Å². The summed E-state index contributed by atoms with van der Waals surface area (Å²) >= 11 is 0. The Morgan fingerprint density at radius 1 is 1.35 bits per heavy atom. The standard InChI is InChI=1S/C14H21NO2/c1-3-10-4-5-12(17-2)14(16)13(10)11-6-8-15-9-7-11/h4-5,11,15-16H,3,6-9H2,1-2H3. The van der Waals surface area contributed by atoms with Gasteiger partial charge in [-0.25, -0.2) is 0 Å². The molecule has 1 heterocycles. The fourth-order valence-electron chi connectivity index (χ4n) is 2.67. The molecule has 0 unspecified atom stereocenters. The molecule has 0 radical (unpaired) electrons. The molecule has 94 valence electrons. The van der Waals surface area contributed by atoms with Crippen molar-refractivity contribution in [3.8, 4) is 11.5 Å². The second-order valence-corrected chi connectivity index (χ2v) is 4.57. The van der Waals surface area contributed by atoms with Crippen LogP contribution in [0.3, 0.4) is 0 Å². The summed E-state index contributed by atoms with van der Waals surface area (Å²) in [7, 11) is 1.60. The van der Waals surface area contributed by atoms with E-state index in [2.05, 4.69) is 18.3 Å². The van der Waals surface area contributed by atoms with Gasteiger partial charge in [0.05, 0.1) is 7.11 Å². The normalized spacial score (nSPS) is 17.1. The SMILES string of the molecule is CCc1ccc(OC)c(O)c1C1CCNCC1. The molecule has 0 aliphatic carbocycles. The van der Waals surface area contributed by atoms with Crippen LogP contribution in [0.25, 0.3) is 0 Å². The summed E-state index contributed by atoms with van der Waals surface area (Å²) in [5, 5.41) is 13.7. The van der Waals surface area contributed by atoms with Crippen LogP contribution in [0.5, 0.6) is 11.5 Å². The maximum Gasteiger partial charge on any atom is 0.161 e. The van der Waals surface area contributed by atoms with E-state index in [9.17, 15) is 5.11 Å². The molecular weight excluding hydrogens is 214 g/mol. The average Bonchev–Trinajstić information content (AvgIpc) is 2.39. The van der Waals surface area contributed by atoms with Crippen molar-refractivity contribution in [3.05, 3.63) is 23.3 Å². The molecule has 3 nitrogen and oxygen atoms in total. The molecule has 0 atom stereocenters. The van der Waals surface area contributed by atoms with Crippen molar-refractivity contribution in [3.63, 3.8) is 0 Å². The number of aryl methyl sites for hydroxylation is 1. The van der Waals surface area contributed by atoms with E-state index < -0.39 is 0 Å². The van der Waals surface area contributed by atoms with Gasteiger partial charge in [-0.1, -0.05) is 13.0 Å². The first-order valence-corrected chi connectivity index (χ1v) is 6.37. The molecule has 1 aliphatic heterocycles. The fourth-order valence-corrected chi connectivity index (χ4v) is 2.67. The fraction of sp³-hybridized carbons (Fsp3) is 0.571. The number of hydrogen-bond donors (Lipinski definition) is 2. The Labute approximate surface area is 103 Å². The van der Waals surface area contributed by atoms with Gasteiger partial charge in [-0.3, -0.25) is 0 Å². The highest BCUT2D eigenvalue weighted by atomic mass is 16.5. The van der Waals surface area contributed by atoms with Gasteiger partial charge in [0.25, 0.3) is 0 Å². The molecule has 0 spiro atoms. The van der Waals surface area contributed by atoms with Gasteiger partial charge in [-0.05, 0) is 49.9 Å². The Bertz CT molecular complexity index is 384. The third-order valence-corrected chi connectivity index (χ3v) is 3.62. The molecule has 17 heavy (non-hydrogen) atoms. The Hall–Kier alpha value is -1.22. The third-order valence-electron chi connectivity index (χ3n) is 3.62. The van der Waals surface area contributed by atoms with Crippen molar-refractivity contribution >= 4 is 0 Å². The number of benzene rings is 1. The lowest BCUT2D eigenvalue weighted by Gasteiger charge is -2.26. The molecule has 1 aromatic rings. The van der Waals surface area contributed by atoms with Crippen LogP contribution in [0.15, 0.2) is 12.1 Å². The zero-order chi connectivity index (χ0) is 12.3. The van der Waals surface area contributed by atoms with E-state index in [1.165, 1.54) is 5.56 Å². The molecule has 1 aliphatic rings. The first kappa shape index (κ1) is 12.2. The minimum atomic E-state index is 0.346. The van der Waals surface area contributed by atoms with Crippen LogP contribution < -0.4 is 10.1 Å². The Morgan fingerprint density at radius 2 is 2.06 bits per heavy atom. The lowest BCUT2D eigenvalue weighted by molar-refractivity contribution is 0.362. The number of phenolic OH excluding ortho intramolecular Hbond substituents is 1. The zero-order valence-electron chi connectivity index (χ0n) is 10.6. The molecule has 0 bridgehead atoms. The van der Waals surface area contributed by atoms with Gasteiger partial charge < -0.3 is 15.2 Å². The van der Waals surface area contributed by atoms with Crippen LogP contribution in [0.2, 0.25) is 0 Å². The van der Waals surface area contributed by atoms with Crippen molar-refractivity contribution in [1.29, 1.82) is 0 Å². The summed E-state index contributed by atoms with van der Waals surface area (Å²) in [6.45, 7) is 4.20. The average molecular weight is 235 g/mol. The highest BCUT2D eigenvalue weighted by molar-refractivity contribution is 5.51. The molecule has 2 N–H and O–H groups in total. The Kier molecular flexibility index (Phi) is 3.89. The summed E-state index contributed by atoms with van der Waals surface area (Å²) in [6.07, 6.45) is 3.14. The van der Waals surface area contributed by atoms with Crippen LogP contribution >= 0.6 is 0 Å². The summed E-state index contributed by atoms with van der Waals surface area (Å²) < 4.78 is 5.21. The first-order chi connectivity index (χ1) is 8.27. The van der Waals surface area contributed by atoms with Crippen LogP contribution in [0, 0.1) is 0 Å². The molecule has 1 saturated heterocycles. The smallest absolute Gasteiger partial charge is 0.161 e. The predicted octanol–water partition coefficient (Wildman–Crippen LogP) is 2.43. The largest absolute Gasteiger partial charge is 0.504 e. The van der Waals surface area contributed by atoms with Crippen LogP contribution in [0.4, 0.5) is 0 Å². The quantitative estimate of drug-likeness (QED) is 0.845. The highest BCUT2D eigenvalue weighted by Crippen LogP contribution is 2.40. The Morgan fingerprint density at radius 3 is 2.65 bits per heavy atom. The number of hydrogen-bond acceptors (Lipinski definition) is 3. The van der Waals surface area contributed by atoms with Crippen molar-refractivity contribution in [2.75, 3.05) is 20.2 Å². The lowest BCUT2D eigenvalue weighted by atomic mass is 9.85. The molecule has 2 rings (SSSR count). The molecule has 3 heteroatoms. The van der Waals surface area contributed by atoms with Gasteiger partial charge >= 0.3 is 0 Å². The summed E-state index contributed by atoms with van der Waals surface area (Å²) in [4.78, 5) is 0. The van der Waals surface area contributed by atoms with Gasteiger partial charge in [0.1, 0.15) is 0 Å². The van der Waals surface area contributed by atoms with Crippen LogP contribution in [0.1, 0.15) is 36.8 Å². The van der Waals surface area contributed by atoms with Gasteiger partial charge in [0, 0.05) is 5.56 Å². The molecule has 0 aromatic heterocycles. The minimum Gasteiger partial charge on any atom is -0.504 e. The molecule has 0 saturated carbocycles. The first-order valence-electron chi connectivity index (χ1n) is 6.37. The molecule has 1 aromatic carbocycles. The summed E-state index contributed by atoms with van der Waals surface area (Å²) in [5.74, 6) is 1.40. The van der Waals surface area contributed by atoms with Crippen molar-refractivity contribution in [2.45, 2.75) is 32.1 Å². The topological polar surface area (TPSA) is 41.5 Å². The monoisotopic (exact) mass is 235 g/mol. The Balaban J connectivity index is 2.40. The molecule has 0 amide bonds. The van der Waals surface area contributed by atoms with E-state index in [0.29, 0.717) is 17.4 Å². The summed E-state index contributed by atoms with van der Waals surface area (Å²) in [5.41, 5.74) is 2.35. The second-order valence-electron chi connectivity index (χ2n) is 4.57. The number of nitrogens with one attached hydrogen (secondary N) is 1. The highest BCUT2D eigenvalue weighted by Gasteiger charge is 2.23.